The van der Waals surface area contributed by atoms with Crippen molar-refractivity contribution in [2.45, 2.75) is 32.0 Å². The SMILES string of the molecule is CC(CN)c1ccc(CN2CC=C(C(F)(F)F)CC2)cc1. The van der Waals surface area contributed by atoms with Crippen LogP contribution < -0.4 is 5.73 Å². The van der Waals surface area contributed by atoms with E-state index in [0.717, 1.165) is 5.56 Å². The summed E-state index contributed by atoms with van der Waals surface area (Å²) in [7, 11) is 0. The van der Waals surface area contributed by atoms with Crippen molar-refractivity contribution in [3.63, 3.8) is 0 Å². The molecule has 0 bridgehead atoms. The Morgan fingerprint density at radius 2 is 1.90 bits per heavy atom. The predicted molar refractivity (Wildman–Crippen MR) is 77.9 cm³/mol. The van der Waals surface area contributed by atoms with E-state index in [9.17, 15) is 13.2 Å². The lowest BCUT2D eigenvalue weighted by atomic mass is 10.00. The van der Waals surface area contributed by atoms with E-state index in [1.165, 1.54) is 11.6 Å². The molecule has 2 N–H and O–H groups in total. The minimum atomic E-state index is -4.17. The fraction of sp³-hybridized carbons (Fsp3) is 0.500. The zero-order valence-electron chi connectivity index (χ0n) is 12.2. The van der Waals surface area contributed by atoms with Gasteiger partial charge in [0, 0.05) is 25.2 Å². The van der Waals surface area contributed by atoms with Gasteiger partial charge in [0.15, 0.2) is 0 Å². The molecule has 0 amide bonds. The predicted octanol–water partition coefficient (Wildman–Crippen LogP) is 3.44. The maximum Gasteiger partial charge on any atom is 0.412 e. The number of alkyl halides is 3. The van der Waals surface area contributed by atoms with Crippen molar-refractivity contribution in [2.24, 2.45) is 5.73 Å². The molecule has 1 aliphatic heterocycles. The molecule has 0 radical (unpaired) electrons. The molecule has 1 aromatic rings. The molecule has 0 aromatic heterocycles. The molecule has 1 aliphatic rings. The number of hydrogen-bond acceptors (Lipinski definition) is 2. The minimum absolute atomic E-state index is 0.0752. The van der Waals surface area contributed by atoms with Gasteiger partial charge in [0.25, 0.3) is 0 Å². The second kappa shape index (κ2) is 6.62. The number of rotatable bonds is 4. The van der Waals surface area contributed by atoms with Gasteiger partial charge < -0.3 is 5.73 Å². The van der Waals surface area contributed by atoms with E-state index in [4.69, 9.17) is 5.73 Å². The van der Waals surface area contributed by atoms with Gasteiger partial charge in [0.2, 0.25) is 0 Å². The van der Waals surface area contributed by atoms with Crippen LogP contribution >= 0.6 is 0 Å². The Morgan fingerprint density at radius 3 is 2.38 bits per heavy atom. The molecule has 0 fully saturated rings. The smallest absolute Gasteiger partial charge is 0.330 e. The van der Waals surface area contributed by atoms with Crippen molar-refractivity contribution in [1.82, 2.24) is 4.90 Å². The Morgan fingerprint density at radius 1 is 1.24 bits per heavy atom. The highest BCUT2D eigenvalue weighted by molar-refractivity contribution is 5.25. The average molecular weight is 298 g/mol. The Balaban J connectivity index is 1.93. The Labute approximate surface area is 123 Å². The summed E-state index contributed by atoms with van der Waals surface area (Å²) in [4.78, 5) is 2.02. The van der Waals surface area contributed by atoms with E-state index in [1.54, 1.807) is 0 Å². The van der Waals surface area contributed by atoms with Crippen molar-refractivity contribution in [1.29, 1.82) is 0 Å². The zero-order valence-corrected chi connectivity index (χ0v) is 12.2. The van der Waals surface area contributed by atoms with E-state index in [2.05, 4.69) is 6.92 Å². The first-order valence-electron chi connectivity index (χ1n) is 7.17. The van der Waals surface area contributed by atoms with Crippen molar-refractivity contribution in [2.75, 3.05) is 19.6 Å². The Kier molecular flexibility index (Phi) is 5.06. The standard InChI is InChI=1S/C16H21F3N2/c1-12(10-20)14-4-2-13(3-5-14)11-21-8-6-15(7-9-21)16(17,18)19/h2-6,12H,7-11,20H2,1H3. The van der Waals surface area contributed by atoms with E-state index in [-0.39, 0.29) is 6.42 Å². The minimum Gasteiger partial charge on any atom is -0.330 e. The normalized spacial score (nSPS) is 18.4. The molecule has 21 heavy (non-hydrogen) atoms. The summed E-state index contributed by atoms with van der Waals surface area (Å²) in [5.74, 6) is 0.325. The monoisotopic (exact) mass is 298 g/mol. The summed E-state index contributed by atoms with van der Waals surface area (Å²) in [6.45, 7) is 4.17. The fourth-order valence-electron chi connectivity index (χ4n) is 2.46. The lowest BCUT2D eigenvalue weighted by Gasteiger charge is -2.27. The molecule has 1 heterocycles. The molecule has 0 saturated heterocycles. The number of halogens is 3. The summed E-state index contributed by atoms with van der Waals surface area (Å²) in [6.07, 6.45) is -2.80. The van der Waals surface area contributed by atoms with Crippen molar-refractivity contribution in [3.8, 4) is 0 Å². The van der Waals surface area contributed by atoms with Gasteiger partial charge in [-0.25, -0.2) is 0 Å². The molecule has 0 saturated carbocycles. The first kappa shape index (κ1) is 16.0. The van der Waals surface area contributed by atoms with Crippen LogP contribution in [0.5, 0.6) is 0 Å². The van der Waals surface area contributed by atoms with E-state index in [0.29, 0.717) is 32.1 Å². The first-order valence-corrected chi connectivity index (χ1v) is 7.17. The highest BCUT2D eigenvalue weighted by Crippen LogP contribution is 2.30. The topological polar surface area (TPSA) is 29.3 Å². The third kappa shape index (κ3) is 4.32. The number of nitrogens with zero attached hydrogens (tertiary/aromatic N) is 1. The van der Waals surface area contributed by atoms with Gasteiger partial charge in [-0.05, 0) is 30.0 Å². The molecule has 5 heteroatoms. The lowest BCUT2D eigenvalue weighted by Crippen LogP contribution is -2.31. The molecular weight excluding hydrogens is 277 g/mol. The van der Waals surface area contributed by atoms with E-state index >= 15 is 0 Å². The largest absolute Gasteiger partial charge is 0.412 e. The van der Waals surface area contributed by atoms with Gasteiger partial charge in [-0.1, -0.05) is 37.3 Å². The van der Waals surface area contributed by atoms with Crippen LogP contribution in [0.15, 0.2) is 35.9 Å². The first-order chi connectivity index (χ1) is 9.90. The zero-order chi connectivity index (χ0) is 15.5. The third-order valence-corrected chi connectivity index (χ3v) is 3.97. The van der Waals surface area contributed by atoms with Crippen LogP contribution in [0.25, 0.3) is 0 Å². The summed E-state index contributed by atoms with van der Waals surface area (Å²) in [6, 6.07) is 8.16. The Hall–Kier alpha value is -1.33. The van der Waals surface area contributed by atoms with Crippen molar-refractivity contribution < 1.29 is 13.2 Å². The second-order valence-corrected chi connectivity index (χ2v) is 5.59. The van der Waals surface area contributed by atoms with Gasteiger partial charge in [0.1, 0.15) is 0 Å². The Bertz CT molecular complexity index is 491. The number of nitrogens with two attached hydrogens (primary N) is 1. The lowest BCUT2D eigenvalue weighted by molar-refractivity contribution is -0.0960. The van der Waals surface area contributed by atoms with Crippen LogP contribution in [0.2, 0.25) is 0 Å². The molecule has 116 valence electrons. The van der Waals surface area contributed by atoms with Crippen LogP contribution in [0.4, 0.5) is 13.2 Å². The van der Waals surface area contributed by atoms with Gasteiger partial charge in [-0.2, -0.15) is 13.2 Å². The molecule has 2 rings (SSSR count). The maximum absolute atomic E-state index is 12.6. The van der Waals surface area contributed by atoms with E-state index < -0.39 is 11.7 Å². The van der Waals surface area contributed by atoms with Crippen LogP contribution in [0.1, 0.15) is 30.4 Å². The van der Waals surface area contributed by atoms with E-state index in [1.807, 2.05) is 29.2 Å². The average Bonchev–Trinajstić information content (AvgIpc) is 2.47. The third-order valence-electron chi connectivity index (χ3n) is 3.97. The number of benzene rings is 1. The van der Waals surface area contributed by atoms with Crippen LogP contribution in [0.3, 0.4) is 0 Å². The quantitative estimate of drug-likeness (QED) is 0.863. The number of hydrogen-bond donors (Lipinski definition) is 1. The van der Waals surface area contributed by atoms with Crippen molar-refractivity contribution >= 4 is 0 Å². The van der Waals surface area contributed by atoms with Gasteiger partial charge in [0.05, 0.1) is 0 Å². The molecule has 0 spiro atoms. The van der Waals surface area contributed by atoms with Gasteiger partial charge in [-0.3, -0.25) is 4.90 Å². The van der Waals surface area contributed by atoms with Crippen LogP contribution in [-0.4, -0.2) is 30.7 Å². The van der Waals surface area contributed by atoms with Gasteiger partial charge >= 0.3 is 6.18 Å². The molecule has 1 unspecified atom stereocenters. The molecule has 1 atom stereocenters. The summed E-state index contributed by atoms with van der Waals surface area (Å²) in [5, 5.41) is 0. The maximum atomic E-state index is 12.6. The van der Waals surface area contributed by atoms with Crippen LogP contribution in [-0.2, 0) is 6.54 Å². The molecular formula is C16H21F3N2. The molecule has 0 aliphatic carbocycles. The molecule has 1 aromatic carbocycles. The summed E-state index contributed by atoms with van der Waals surface area (Å²) in [5.41, 5.74) is 7.55. The highest BCUT2D eigenvalue weighted by atomic mass is 19.4. The fourth-order valence-corrected chi connectivity index (χ4v) is 2.46. The van der Waals surface area contributed by atoms with Gasteiger partial charge in [-0.15, -0.1) is 0 Å². The van der Waals surface area contributed by atoms with Crippen LogP contribution in [0, 0.1) is 0 Å². The second-order valence-electron chi connectivity index (χ2n) is 5.59. The highest BCUT2D eigenvalue weighted by Gasteiger charge is 2.34. The molecule has 2 nitrogen and oxygen atoms in total. The van der Waals surface area contributed by atoms with Crippen molar-refractivity contribution in [3.05, 3.63) is 47.0 Å². The summed E-state index contributed by atoms with van der Waals surface area (Å²) < 4.78 is 37.7. The summed E-state index contributed by atoms with van der Waals surface area (Å²) >= 11 is 0.